The maximum absolute atomic E-state index is 5.12. The lowest BCUT2D eigenvalue weighted by molar-refractivity contribution is 0.174. The molecule has 1 N–H and O–H groups in total. The van der Waals surface area contributed by atoms with Crippen molar-refractivity contribution in [2.24, 2.45) is 0 Å². The summed E-state index contributed by atoms with van der Waals surface area (Å²) in [6.07, 6.45) is 1.08. The smallest absolute Gasteiger partial charge is 0.231 e. The van der Waals surface area contributed by atoms with Crippen LogP contribution in [0.2, 0.25) is 0 Å². The first-order chi connectivity index (χ1) is 6.40. The van der Waals surface area contributed by atoms with Crippen LogP contribution in [-0.4, -0.2) is 30.3 Å². The molecule has 1 aromatic rings. The molecule has 5 nitrogen and oxygen atoms in total. The van der Waals surface area contributed by atoms with Crippen molar-refractivity contribution in [2.45, 2.75) is 18.9 Å². The Morgan fingerprint density at radius 3 is 3.14 bits per heavy atom. The van der Waals surface area contributed by atoms with Crippen LogP contribution in [0.3, 0.4) is 0 Å². The number of halogens is 1. The Hall–Kier alpha value is -0.650. The van der Waals surface area contributed by atoms with Gasteiger partial charge in [-0.15, -0.1) is 12.4 Å². The number of hydrogen-bond donors (Lipinski definition) is 1. The zero-order valence-electron chi connectivity index (χ0n) is 8.02. The summed E-state index contributed by atoms with van der Waals surface area (Å²) in [4.78, 5) is 4.24. The largest absolute Gasteiger partial charge is 0.377 e. The molecule has 0 aliphatic carbocycles. The highest BCUT2D eigenvalue weighted by Gasteiger charge is 2.22. The van der Waals surface area contributed by atoms with Gasteiger partial charge in [-0.05, 0) is 13.0 Å². The highest BCUT2D eigenvalue weighted by Crippen LogP contribution is 2.20. The lowest BCUT2D eigenvalue weighted by Gasteiger charge is -1.98. The average Bonchev–Trinajstić information content (AvgIpc) is 2.70. The second-order valence-electron chi connectivity index (χ2n) is 3.17. The number of hydrogen-bond acceptors (Lipinski definition) is 5. The molecule has 1 saturated heterocycles. The third-order valence-corrected chi connectivity index (χ3v) is 2.17. The fraction of sp³-hybridized carbons (Fsp3) is 0.750. The van der Waals surface area contributed by atoms with Gasteiger partial charge < -0.3 is 14.6 Å². The van der Waals surface area contributed by atoms with E-state index < -0.39 is 0 Å². The molecule has 6 heteroatoms. The maximum atomic E-state index is 5.12. The van der Waals surface area contributed by atoms with Crippen LogP contribution in [0.15, 0.2) is 4.52 Å². The van der Waals surface area contributed by atoms with E-state index in [9.17, 15) is 0 Å². The second-order valence-corrected chi connectivity index (χ2v) is 3.17. The van der Waals surface area contributed by atoms with Gasteiger partial charge in [0.2, 0.25) is 5.89 Å². The Balaban J connectivity index is 0.000000980. The Morgan fingerprint density at radius 2 is 2.50 bits per heavy atom. The minimum Gasteiger partial charge on any atom is -0.377 e. The SMILES string of the molecule is COCc1noc([C@H]2CCNC2)n1.Cl. The van der Waals surface area contributed by atoms with Crippen LogP contribution in [0.5, 0.6) is 0 Å². The van der Waals surface area contributed by atoms with Crippen molar-refractivity contribution < 1.29 is 9.26 Å². The van der Waals surface area contributed by atoms with E-state index in [1.165, 1.54) is 0 Å². The molecule has 14 heavy (non-hydrogen) atoms. The predicted molar refractivity (Wildman–Crippen MR) is 52.5 cm³/mol. The molecule has 1 aliphatic heterocycles. The van der Waals surface area contributed by atoms with Crippen LogP contribution in [0.25, 0.3) is 0 Å². The predicted octanol–water partition coefficient (Wildman–Crippen LogP) is 0.715. The Bertz CT molecular complexity index is 273. The van der Waals surface area contributed by atoms with Crippen molar-refractivity contribution >= 4 is 12.4 Å². The molecular weight excluding hydrogens is 206 g/mol. The number of ether oxygens (including phenoxy) is 1. The normalized spacial score (nSPS) is 20.8. The molecule has 80 valence electrons. The van der Waals surface area contributed by atoms with Crippen molar-refractivity contribution in [3.05, 3.63) is 11.7 Å². The van der Waals surface area contributed by atoms with E-state index in [0.717, 1.165) is 25.4 Å². The highest BCUT2D eigenvalue weighted by molar-refractivity contribution is 5.85. The van der Waals surface area contributed by atoms with Gasteiger partial charge in [0.05, 0.1) is 5.92 Å². The van der Waals surface area contributed by atoms with Gasteiger partial charge in [-0.1, -0.05) is 5.16 Å². The van der Waals surface area contributed by atoms with Gasteiger partial charge in [-0.2, -0.15) is 4.98 Å². The molecule has 0 unspecified atom stereocenters. The van der Waals surface area contributed by atoms with Gasteiger partial charge in [0.15, 0.2) is 5.82 Å². The zero-order chi connectivity index (χ0) is 9.10. The fourth-order valence-electron chi connectivity index (χ4n) is 1.49. The Kier molecular flexibility index (Phi) is 4.31. The lowest BCUT2D eigenvalue weighted by Crippen LogP contribution is -2.08. The zero-order valence-corrected chi connectivity index (χ0v) is 8.84. The molecule has 1 aromatic heterocycles. The molecule has 0 amide bonds. The van der Waals surface area contributed by atoms with Crippen molar-refractivity contribution in [3.8, 4) is 0 Å². The average molecular weight is 220 g/mol. The number of nitrogens with zero attached hydrogens (tertiary/aromatic N) is 2. The first-order valence-corrected chi connectivity index (χ1v) is 4.42. The van der Waals surface area contributed by atoms with Crippen molar-refractivity contribution in [1.82, 2.24) is 15.5 Å². The first kappa shape index (κ1) is 11.4. The molecule has 1 atom stereocenters. The lowest BCUT2D eigenvalue weighted by atomic mass is 10.1. The standard InChI is InChI=1S/C8H13N3O2.ClH/c1-12-5-7-10-8(13-11-7)6-2-3-9-4-6;/h6,9H,2-5H2,1H3;1H/t6-;/m0./s1. The van der Waals surface area contributed by atoms with E-state index in [4.69, 9.17) is 9.26 Å². The minimum absolute atomic E-state index is 0. The molecular formula is C8H14ClN3O2. The van der Waals surface area contributed by atoms with E-state index in [-0.39, 0.29) is 12.4 Å². The quantitative estimate of drug-likeness (QED) is 0.812. The number of methoxy groups -OCH3 is 1. The molecule has 0 bridgehead atoms. The van der Waals surface area contributed by atoms with Crippen LogP contribution >= 0.6 is 12.4 Å². The van der Waals surface area contributed by atoms with Crippen molar-refractivity contribution in [3.63, 3.8) is 0 Å². The summed E-state index contributed by atoms with van der Waals surface area (Å²) in [7, 11) is 1.62. The summed E-state index contributed by atoms with van der Waals surface area (Å²) in [5.41, 5.74) is 0. The summed E-state index contributed by atoms with van der Waals surface area (Å²) < 4.78 is 10.0. The van der Waals surface area contributed by atoms with Crippen LogP contribution in [0, 0.1) is 0 Å². The fourth-order valence-corrected chi connectivity index (χ4v) is 1.49. The third kappa shape index (κ3) is 2.43. The summed E-state index contributed by atoms with van der Waals surface area (Å²) in [6.45, 7) is 2.39. The third-order valence-electron chi connectivity index (χ3n) is 2.17. The molecule has 0 radical (unpaired) electrons. The van der Waals surface area contributed by atoms with Crippen LogP contribution in [0.4, 0.5) is 0 Å². The van der Waals surface area contributed by atoms with Gasteiger partial charge >= 0.3 is 0 Å². The van der Waals surface area contributed by atoms with Crippen LogP contribution < -0.4 is 5.32 Å². The van der Waals surface area contributed by atoms with E-state index in [1.807, 2.05) is 0 Å². The van der Waals surface area contributed by atoms with E-state index in [2.05, 4.69) is 15.5 Å². The van der Waals surface area contributed by atoms with E-state index in [1.54, 1.807) is 7.11 Å². The topological polar surface area (TPSA) is 60.2 Å². The molecule has 1 fully saturated rings. The monoisotopic (exact) mass is 219 g/mol. The van der Waals surface area contributed by atoms with Crippen LogP contribution in [-0.2, 0) is 11.3 Å². The van der Waals surface area contributed by atoms with Gasteiger partial charge in [-0.25, -0.2) is 0 Å². The van der Waals surface area contributed by atoms with Crippen LogP contribution in [0.1, 0.15) is 24.1 Å². The molecule has 1 aliphatic rings. The first-order valence-electron chi connectivity index (χ1n) is 4.42. The second kappa shape index (κ2) is 5.29. The van der Waals surface area contributed by atoms with Gasteiger partial charge in [0.25, 0.3) is 0 Å². The summed E-state index contributed by atoms with van der Waals surface area (Å²) in [5, 5.41) is 7.06. The molecule has 2 rings (SSSR count). The highest BCUT2D eigenvalue weighted by atomic mass is 35.5. The Labute approximate surface area is 88.6 Å². The summed E-state index contributed by atoms with van der Waals surface area (Å²) >= 11 is 0. The summed E-state index contributed by atoms with van der Waals surface area (Å²) in [6, 6.07) is 0. The van der Waals surface area contributed by atoms with Gasteiger partial charge in [-0.3, -0.25) is 0 Å². The van der Waals surface area contributed by atoms with E-state index in [0.29, 0.717) is 18.3 Å². The molecule has 0 aromatic carbocycles. The summed E-state index contributed by atoms with van der Waals surface area (Å²) in [5.74, 6) is 1.75. The number of aromatic nitrogens is 2. The van der Waals surface area contributed by atoms with Gasteiger partial charge in [0.1, 0.15) is 6.61 Å². The van der Waals surface area contributed by atoms with Crippen molar-refractivity contribution in [1.29, 1.82) is 0 Å². The number of nitrogens with one attached hydrogen (secondary N) is 1. The molecule has 0 spiro atoms. The number of rotatable bonds is 3. The minimum atomic E-state index is 0. The van der Waals surface area contributed by atoms with E-state index >= 15 is 0 Å². The van der Waals surface area contributed by atoms with Crippen molar-refractivity contribution in [2.75, 3.05) is 20.2 Å². The Morgan fingerprint density at radius 1 is 1.64 bits per heavy atom. The molecule has 0 saturated carbocycles. The molecule has 2 heterocycles. The maximum Gasteiger partial charge on any atom is 0.231 e. The van der Waals surface area contributed by atoms with Gasteiger partial charge in [0, 0.05) is 13.7 Å².